The molecule has 1 aromatic heterocycles. The highest BCUT2D eigenvalue weighted by atomic mass is 32.3. The van der Waals surface area contributed by atoms with Gasteiger partial charge in [0.25, 0.3) is 5.82 Å². The predicted molar refractivity (Wildman–Crippen MR) is 78.6 cm³/mol. The summed E-state index contributed by atoms with van der Waals surface area (Å²) in [5.74, 6) is 1.33. The fourth-order valence-corrected chi connectivity index (χ4v) is 3.16. The summed E-state index contributed by atoms with van der Waals surface area (Å²) in [4.78, 5) is 3.23. The summed E-state index contributed by atoms with van der Waals surface area (Å²) in [5, 5.41) is 0. The molecule has 1 heterocycles. The molecule has 1 rings (SSSR count). The Morgan fingerprint density at radius 3 is 1.81 bits per heavy atom. The fourth-order valence-electron chi connectivity index (χ4n) is 1.45. The number of hydrogen-bond acceptors (Lipinski definition) is 4. The number of H-pyrrole nitrogens is 1. The number of aryl methyl sites for hydroxylation is 2. The first-order valence-corrected chi connectivity index (χ1v) is 9.89. The van der Waals surface area contributed by atoms with Gasteiger partial charge in [-0.25, -0.2) is 26.4 Å². The van der Waals surface area contributed by atoms with Crippen molar-refractivity contribution in [2.45, 2.75) is 50.7 Å². The molecule has 1 N–H and O–H groups in total. The van der Waals surface area contributed by atoms with Gasteiger partial charge in [0.15, 0.2) is 20.0 Å². The Balaban J connectivity index is 0.000000502. The largest absolute Gasteiger partial charge is 0.480 e. The summed E-state index contributed by atoms with van der Waals surface area (Å²) in [6.07, 6.45) is 7.76. The Kier molecular flexibility index (Phi) is 8.56. The first-order valence-electron chi connectivity index (χ1n) is 7.01. The maximum absolute atomic E-state index is 11.4. The van der Waals surface area contributed by atoms with Crippen molar-refractivity contribution in [3.63, 3.8) is 0 Å². The minimum Gasteiger partial charge on any atom is -0.421 e. The number of nitrogens with one attached hydrogen (secondary N) is 1. The second-order valence-electron chi connectivity index (χ2n) is 4.72. The van der Waals surface area contributed by atoms with Gasteiger partial charge in [-0.1, -0.05) is 20.3 Å². The molecule has 0 spiro atoms. The van der Waals surface area contributed by atoms with E-state index < -0.39 is 31.1 Å². The number of aromatic amines is 1. The van der Waals surface area contributed by atoms with E-state index in [1.807, 2.05) is 6.20 Å². The summed E-state index contributed by atoms with van der Waals surface area (Å²) in [6.45, 7) is 5.55. The summed E-state index contributed by atoms with van der Waals surface area (Å²) >= 11 is 0. The molecule has 0 saturated heterocycles. The first-order chi connectivity index (χ1) is 11.6. The molecule has 0 aliphatic carbocycles. The molecule has 154 valence electrons. The second-order valence-corrected chi connectivity index (χ2v) is 8.15. The average Bonchev–Trinajstić information content (AvgIpc) is 2.89. The number of alkyl halides is 6. The van der Waals surface area contributed by atoms with Gasteiger partial charge in [0, 0.05) is 6.42 Å². The molecule has 0 amide bonds. The lowest BCUT2D eigenvalue weighted by Crippen LogP contribution is -2.35. The average molecular weight is 433 g/mol. The van der Waals surface area contributed by atoms with Crippen LogP contribution in [0.5, 0.6) is 0 Å². The lowest BCUT2D eigenvalue weighted by Gasteiger charge is -2.22. The summed E-state index contributed by atoms with van der Waals surface area (Å²) in [6, 6.07) is 0. The quantitative estimate of drug-likeness (QED) is 0.551. The van der Waals surface area contributed by atoms with E-state index >= 15 is 0 Å². The standard InChI is InChI=1S/C9H16N2.C2F6NO4S2/c1-3-5-7-11-8-6-10-9(11)4-2;3-1(4,5)14(10,11)9-15(12,13)2(6,7)8/h6,8H,3-5,7H2,1-2H3;/q;-1/p+1. The molecule has 0 bridgehead atoms. The van der Waals surface area contributed by atoms with Crippen LogP contribution < -0.4 is 4.57 Å². The number of hydrogen-bond donors (Lipinski definition) is 1. The van der Waals surface area contributed by atoms with Crippen molar-refractivity contribution in [2.24, 2.45) is 0 Å². The molecule has 26 heavy (non-hydrogen) atoms. The lowest BCUT2D eigenvalue weighted by atomic mass is 10.3. The Morgan fingerprint density at radius 2 is 1.46 bits per heavy atom. The van der Waals surface area contributed by atoms with E-state index in [0.717, 1.165) is 17.1 Å². The van der Waals surface area contributed by atoms with Crippen LogP contribution in [0.1, 0.15) is 32.5 Å². The van der Waals surface area contributed by atoms with Gasteiger partial charge in [-0.3, -0.25) is 0 Å². The van der Waals surface area contributed by atoms with Gasteiger partial charge in [-0.2, -0.15) is 26.3 Å². The topological polar surface area (TPSA) is 102 Å². The predicted octanol–water partition coefficient (Wildman–Crippen LogP) is 2.72. The van der Waals surface area contributed by atoms with E-state index in [2.05, 4.69) is 29.6 Å². The Hall–Kier alpha value is -1.35. The molecule has 0 aromatic carbocycles. The van der Waals surface area contributed by atoms with Gasteiger partial charge >= 0.3 is 11.0 Å². The molecule has 0 saturated carbocycles. The molecule has 0 atom stereocenters. The van der Waals surface area contributed by atoms with Crippen molar-refractivity contribution in [3.05, 3.63) is 22.3 Å². The van der Waals surface area contributed by atoms with Crippen molar-refractivity contribution in [1.29, 1.82) is 0 Å². The lowest BCUT2D eigenvalue weighted by molar-refractivity contribution is -0.703. The molecule has 0 aliphatic rings. The smallest absolute Gasteiger partial charge is 0.421 e. The van der Waals surface area contributed by atoms with Gasteiger partial charge in [-0.15, -0.1) is 0 Å². The zero-order valence-electron chi connectivity index (χ0n) is 13.6. The number of halogens is 6. The van der Waals surface area contributed by atoms with Crippen molar-refractivity contribution in [1.82, 2.24) is 4.98 Å². The van der Waals surface area contributed by atoms with Gasteiger partial charge in [0.05, 0.1) is 6.54 Å². The van der Waals surface area contributed by atoms with E-state index in [1.54, 1.807) is 0 Å². The van der Waals surface area contributed by atoms with Crippen LogP contribution in [-0.2, 0) is 33.0 Å². The van der Waals surface area contributed by atoms with Crippen LogP contribution in [0.25, 0.3) is 4.13 Å². The van der Waals surface area contributed by atoms with E-state index in [0.29, 0.717) is 0 Å². The third kappa shape index (κ3) is 7.11. The number of unbranched alkanes of at least 4 members (excludes halogenated alkanes) is 1. The molecule has 0 radical (unpaired) electrons. The molecular formula is C11H17F6N3O4S2. The van der Waals surface area contributed by atoms with Crippen LogP contribution in [0, 0.1) is 0 Å². The minimum absolute atomic E-state index is 0.778. The van der Waals surface area contributed by atoms with Crippen LogP contribution in [0.2, 0.25) is 0 Å². The summed E-state index contributed by atoms with van der Waals surface area (Å²) < 4.78 is 111. The zero-order chi connectivity index (χ0) is 20.8. The maximum atomic E-state index is 11.4. The molecule has 0 aliphatic heterocycles. The minimum atomic E-state index is -6.72. The molecule has 15 heteroatoms. The monoisotopic (exact) mass is 433 g/mol. The second kappa shape index (κ2) is 9.03. The van der Waals surface area contributed by atoms with Gasteiger partial charge in [0.1, 0.15) is 12.4 Å². The van der Waals surface area contributed by atoms with Gasteiger partial charge in [-0.05, 0) is 6.42 Å². The van der Waals surface area contributed by atoms with Crippen molar-refractivity contribution >= 4 is 20.0 Å². The fraction of sp³-hybridized carbons (Fsp3) is 0.727. The first kappa shape index (κ1) is 24.7. The number of sulfonamides is 2. The highest BCUT2D eigenvalue weighted by Crippen LogP contribution is 2.36. The Bertz CT molecular complexity index is 727. The molecule has 0 fully saturated rings. The normalized spacial score (nSPS) is 13.2. The van der Waals surface area contributed by atoms with Crippen molar-refractivity contribution in [3.8, 4) is 0 Å². The van der Waals surface area contributed by atoms with Crippen LogP contribution in [0.15, 0.2) is 12.4 Å². The number of nitrogens with zero attached hydrogens (tertiary/aromatic N) is 2. The summed E-state index contributed by atoms with van der Waals surface area (Å²) in [5.41, 5.74) is -12.4. The highest BCUT2D eigenvalue weighted by molar-refractivity contribution is 8.13. The van der Waals surface area contributed by atoms with E-state index in [1.165, 1.54) is 18.7 Å². The number of imidazole rings is 1. The van der Waals surface area contributed by atoms with Gasteiger partial charge in [0.2, 0.25) is 0 Å². The van der Waals surface area contributed by atoms with E-state index in [-0.39, 0.29) is 0 Å². The number of rotatable bonds is 6. The Morgan fingerprint density at radius 1 is 1.00 bits per heavy atom. The van der Waals surface area contributed by atoms with Crippen molar-refractivity contribution < 1.29 is 47.7 Å². The van der Waals surface area contributed by atoms with Gasteiger partial charge < -0.3 is 4.13 Å². The van der Waals surface area contributed by atoms with E-state index in [9.17, 15) is 43.2 Å². The zero-order valence-corrected chi connectivity index (χ0v) is 15.2. The highest BCUT2D eigenvalue weighted by Gasteiger charge is 2.46. The summed E-state index contributed by atoms with van der Waals surface area (Å²) in [7, 11) is -13.4. The van der Waals surface area contributed by atoms with E-state index in [4.69, 9.17) is 0 Å². The Labute approximate surface area is 146 Å². The SMILES string of the molecule is CCCC[n+]1cc[nH]c1CC.O=S(=O)([N-]S(=O)(=O)C(F)(F)F)C(F)(F)F. The molecule has 1 aromatic rings. The third-order valence-corrected chi connectivity index (χ3v) is 5.46. The van der Waals surface area contributed by atoms with Crippen LogP contribution >= 0.6 is 0 Å². The number of aromatic nitrogens is 2. The third-order valence-electron chi connectivity index (χ3n) is 2.72. The van der Waals surface area contributed by atoms with Crippen molar-refractivity contribution in [2.75, 3.05) is 0 Å². The molecule has 0 unspecified atom stereocenters. The maximum Gasteiger partial charge on any atom is 0.480 e. The van der Waals surface area contributed by atoms with Crippen LogP contribution in [0.4, 0.5) is 26.3 Å². The van der Waals surface area contributed by atoms with Crippen LogP contribution in [-0.4, -0.2) is 32.8 Å². The van der Waals surface area contributed by atoms with Crippen LogP contribution in [0.3, 0.4) is 0 Å². The molecule has 7 nitrogen and oxygen atoms in total. The molecular weight excluding hydrogens is 416 g/mol.